The first-order chi connectivity index (χ1) is 14.2. The SMILES string of the molecule is CCCCCCCCCCCCCCCCCC[N+](C)(C)C.O=C([O-])C=CC(=O)O. The molecule has 178 valence electrons. The predicted octanol–water partition coefficient (Wildman–Crippen LogP) is 5.33. The highest BCUT2D eigenvalue weighted by Gasteiger charge is 2.04. The first-order valence-corrected chi connectivity index (χ1v) is 12.1. The molecule has 0 radical (unpaired) electrons. The summed E-state index contributed by atoms with van der Waals surface area (Å²) in [5, 5.41) is 17.2. The Labute approximate surface area is 186 Å². The molecule has 0 heterocycles. The zero-order valence-electron chi connectivity index (χ0n) is 20.3. The Balaban J connectivity index is 0. The second-order valence-electron chi connectivity index (χ2n) is 9.31. The second kappa shape index (κ2) is 22.3. The highest BCUT2D eigenvalue weighted by Crippen LogP contribution is 2.13. The molecule has 1 N–H and O–H groups in total. The third-order valence-electron chi connectivity index (χ3n) is 5.04. The van der Waals surface area contributed by atoms with Crippen LogP contribution in [-0.4, -0.2) is 49.2 Å². The minimum Gasteiger partial charge on any atom is -0.545 e. The van der Waals surface area contributed by atoms with E-state index < -0.39 is 11.9 Å². The summed E-state index contributed by atoms with van der Waals surface area (Å²) >= 11 is 0. The van der Waals surface area contributed by atoms with Crippen molar-refractivity contribution in [1.29, 1.82) is 0 Å². The molecule has 5 nitrogen and oxygen atoms in total. The number of rotatable bonds is 19. The lowest BCUT2D eigenvalue weighted by Gasteiger charge is -2.23. The molecule has 0 aliphatic carbocycles. The van der Waals surface area contributed by atoms with Crippen molar-refractivity contribution >= 4 is 11.9 Å². The topological polar surface area (TPSA) is 77.4 Å². The van der Waals surface area contributed by atoms with Crippen LogP contribution in [0.4, 0.5) is 0 Å². The van der Waals surface area contributed by atoms with E-state index >= 15 is 0 Å². The lowest BCUT2D eigenvalue weighted by Crippen LogP contribution is -2.35. The Hall–Kier alpha value is -1.36. The molecule has 0 unspecified atom stereocenters. The molecule has 0 atom stereocenters. The standard InChI is InChI=1S/C21H46N.C4H4O4/c1-5-6-7-8-9-10-11-12-13-14-15-16-17-18-19-20-21-22(2,3)4;5-3(6)1-2-4(7)8/h5-21H2,1-4H3;1-2H,(H,5,6)(H,7,8)/q+1;/p-1. The molecule has 30 heavy (non-hydrogen) atoms. The highest BCUT2D eigenvalue weighted by molar-refractivity contribution is 5.88. The van der Waals surface area contributed by atoms with Gasteiger partial charge in [0.2, 0.25) is 0 Å². The number of aliphatic carboxylic acids is 2. The number of nitrogens with zero attached hydrogens (tertiary/aromatic N) is 1. The molecule has 0 aliphatic rings. The van der Waals surface area contributed by atoms with Crippen LogP contribution in [0, 0.1) is 0 Å². The minimum atomic E-state index is -1.51. The maximum absolute atomic E-state index is 9.53. The Morgan fingerprint density at radius 3 is 1.23 bits per heavy atom. The van der Waals surface area contributed by atoms with Crippen molar-refractivity contribution in [3.8, 4) is 0 Å². The fraction of sp³-hybridized carbons (Fsp3) is 0.840. The third kappa shape index (κ3) is 34.2. The molecule has 5 heteroatoms. The van der Waals surface area contributed by atoms with Gasteiger partial charge in [0.05, 0.1) is 33.7 Å². The summed E-state index contributed by atoms with van der Waals surface area (Å²) in [6.45, 7) is 3.63. The van der Waals surface area contributed by atoms with Gasteiger partial charge >= 0.3 is 5.97 Å². The van der Waals surface area contributed by atoms with Gasteiger partial charge in [-0.05, 0) is 18.9 Å². The fourth-order valence-corrected chi connectivity index (χ4v) is 3.27. The average molecular weight is 428 g/mol. The van der Waals surface area contributed by atoms with Crippen LogP contribution < -0.4 is 5.11 Å². The summed E-state index contributed by atoms with van der Waals surface area (Å²) in [7, 11) is 6.89. The zero-order valence-corrected chi connectivity index (χ0v) is 20.3. The monoisotopic (exact) mass is 427 g/mol. The predicted molar refractivity (Wildman–Crippen MR) is 124 cm³/mol. The second-order valence-corrected chi connectivity index (χ2v) is 9.31. The number of hydrogen-bond donors (Lipinski definition) is 1. The van der Waals surface area contributed by atoms with Gasteiger partial charge in [0.15, 0.2) is 0 Å². The quantitative estimate of drug-likeness (QED) is 0.172. The number of unbranched alkanes of at least 4 members (excludes halogenated alkanes) is 15. The van der Waals surface area contributed by atoms with E-state index in [2.05, 4.69) is 28.1 Å². The van der Waals surface area contributed by atoms with Crippen LogP contribution in [0.15, 0.2) is 12.2 Å². The first kappa shape index (κ1) is 30.8. The Kier molecular flexibility index (Phi) is 22.9. The van der Waals surface area contributed by atoms with Gasteiger partial charge in [-0.2, -0.15) is 0 Å². The highest BCUT2D eigenvalue weighted by atomic mass is 16.4. The van der Waals surface area contributed by atoms with Crippen molar-refractivity contribution in [2.45, 2.75) is 110 Å². The van der Waals surface area contributed by atoms with Gasteiger partial charge in [-0.3, -0.25) is 0 Å². The largest absolute Gasteiger partial charge is 0.545 e. The lowest BCUT2D eigenvalue weighted by molar-refractivity contribution is -0.870. The van der Waals surface area contributed by atoms with Crippen LogP contribution in [0.1, 0.15) is 110 Å². The third-order valence-corrected chi connectivity index (χ3v) is 5.04. The van der Waals surface area contributed by atoms with Gasteiger partial charge in [0, 0.05) is 6.08 Å². The van der Waals surface area contributed by atoms with Crippen molar-refractivity contribution in [2.24, 2.45) is 0 Å². The van der Waals surface area contributed by atoms with E-state index in [4.69, 9.17) is 5.11 Å². The van der Waals surface area contributed by atoms with Crippen molar-refractivity contribution in [3.63, 3.8) is 0 Å². The van der Waals surface area contributed by atoms with E-state index in [1.165, 1.54) is 109 Å². The van der Waals surface area contributed by atoms with E-state index in [-0.39, 0.29) is 0 Å². The molecule has 0 fully saturated rings. The molecule has 0 saturated carbocycles. The molecule has 0 amide bonds. The minimum absolute atomic E-state index is 0.447. The molecule has 0 bridgehead atoms. The van der Waals surface area contributed by atoms with Crippen LogP contribution in [0.2, 0.25) is 0 Å². The molecule has 0 rings (SSSR count). The molecule has 0 aliphatic heterocycles. The zero-order chi connectivity index (χ0) is 23.1. The number of quaternary nitrogens is 1. The van der Waals surface area contributed by atoms with E-state index in [9.17, 15) is 14.7 Å². The van der Waals surface area contributed by atoms with E-state index in [1.807, 2.05) is 0 Å². The maximum Gasteiger partial charge on any atom is 0.328 e. The van der Waals surface area contributed by atoms with Gasteiger partial charge in [-0.1, -0.05) is 96.8 Å². The molecule has 0 aromatic carbocycles. The number of carboxylic acids is 2. The van der Waals surface area contributed by atoms with Crippen molar-refractivity contribution in [1.82, 2.24) is 0 Å². The van der Waals surface area contributed by atoms with Crippen LogP contribution >= 0.6 is 0 Å². The number of carbonyl (C=O) groups excluding carboxylic acids is 1. The van der Waals surface area contributed by atoms with Gasteiger partial charge in [0.1, 0.15) is 0 Å². The molecular formula is C25H49NO4. The summed E-state index contributed by atoms with van der Waals surface area (Å²) < 4.78 is 1.12. The van der Waals surface area contributed by atoms with Gasteiger partial charge < -0.3 is 19.5 Å². The van der Waals surface area contributed by atoms with Crippen LogP contribution in [0.5, 0.6) is 0 Å². The van der Waals surface area contributed by atoms with E-state index in [0.29, 0.717) is 12.2 Å². The normalized spacial score (nSPS) is 11.3. The maximum atomic E-state index is 9.53. The van der Waals surface area contributed by atoms with Crippen molar-refractivity contribution < 1.29 is 24.3 Å². The van der Waals surface area contributed by atoms with E-state index in [1.54, 1.807) is 0 Å². The summed E-state index contributed by atoms with van der Waals surface area (Å²) in [6.07, 6.45) is 24.3. The molecule has 0 spiro atoms. The summed E-state index contributed by atoms with van der Waals surface area (Å²) in [4.78, 5) is 19.0. The van der Waals surface area contributed by atoms with Crippen molar-refractivity contribution in [2.75, 3.05) is 27.7 Å². The fourth-order valence-electron chi connectivity index (χ4n) is 3.27. The first-order valence-electron chi connectivity index (χ1n) is 12.1. The van der Waals surface area contributed by atoms with E-state index in [0.717, 1.165) is 4.48 Å². The lowest BCUT2D eigenvalue weighted by atomic mass is 10.0. The number of hydrogen-bond acceptors (Lipinski definition) is 3. The van der Waals surface area contributed by atoms with Gasteiger partial charge in [0.25, 0.3) is 0 Å². The molecule has 0 aromatic rings. The summed E-state index contributed by atoms with van der Waals surface area (Å²) in [6, 6.07) is 0. The number of carbonyl (C=O) groups is 2. The smallest absolute Gasteiger partial charge is 0.328 e. The number of carboxylic acid groups (broad SMARTS) is 2. The van der Waals surface area contributed by atoms with Gasteiger partial charge in [-0.25, -0.2) is 4.79 Å². The van der Waals surface area contributed by atoms with Crippen LogP contribution in [0.25, 0.3) is 0 Å². The Morgan fingerprint density at radius 1 is 0.667 bits per heavy atom. The van der Waals surface area contributed by atoms with Crippen LogP contribution in [0.3, 0.4) is 0 Å². The summed E-state index contributed by atoms with van der Waals surface area (Å²) in [5.74, 6) is -2.80. The van der Waals surface area contributed by atoms with Gasteiger partial charge in [-0.15, -0.1) is 0 Å². The molecular weight excluding hydrogens is 378 g/mol. The summed E-state index contributed by atoms with van der Waals surface area (Å²) in [5.41, 5.74) is 0. The molecule has 0 aromatic heterocycles. The van der Waals surface area contributed by atoms with Crippen LogP contribution in [-0.2, 0) is 9.59 Å². The Morgan fingerprint density at radius 2 is 1.00 bits per heavy atom. The Bertz CT molecular complexity index is 411. The van der Waals surface area contributed by atoms with Crippen molar-refractivity contribution in [3.05, 3.63) is 12.2 Å². The molecule has 0 saturated heterocycles. The average Bonchev–Trinajstić information content (AvgIpc) is 2.65.